The Morgan fingerprint density at radius 2 is 1.95 bits per heavy atom. The van der Waals surface area contributed by atoms with Gasteiger partial charge in [-0.1, -0.05) is 44.2 Å². The minimum absolute atomic E-state index is 0.0484. The highest BCUT2D eigenvalue weighted by Gasteiger charge is 2.14. The number of hydrogen-bond acceptors (Lipinski definition) is 3. The monoisotopic (exact) mass is 295 g/mol. The Morgan fingerprint density at radius 1 is 1.23 bits per heavy atom. The predicted molar refractivity (Wildman–Crippen MR) is 89.7 cm³/mol. The van der Waals surface area contributed by atoms with E-state index in [1.54, 1.807) is 0 Å². The van der Waals surface area contributed by atoms with Crippen LogP contribution in [0.4, 0.5) is 5.82 Å². The molecule has 0 aliphatic rings. The van der Waals surface area contributed by atoms with Gasteiger partial charge >= 0.3 is 0 Å². The first-order valence-electron chi connectivity index (χ1n) is 7.62. The number of hydrogen-bond donors (Lipinski definition) is 2. The van der Waals surface area contributed by atoms with Crippen LogP contribution in [0.15, 0.2) is 42.6 Å². The number of aliphatic hydroxyl groups is 1. The van der Waals surface area contributed by atoms with Gasteiger partial charge in [0.05, 0.1) is 6.61 Å². The fourth-order valence-electron chi connectivity index (χ4n) is 2.68. The van der Waals surface area contributed by atoms with Gasteiger partial charge in [-0.25, -0.2) is 4.98 Å². The molecule has 3 N–H and O–H groups in total. The molecule has 4 nitrogen and oxygen atoms in total. The van der Waals surface area contributed by atoms with Crippen molar-refractivity contribution in [1.29, 1.82) is 0 Å². The summed E-state index contributed by atoms with van der Waals surface area (Å²) < 4.78 is 1.82. The van der Waals surface area contributed by atoms with E-state index in [4.69, 9.17) is 5.73 Å². The van der Waals surface area contributed by atoms with Gasteiger partial charge in [0.1, 0.15) is 17.2 Å². The Morgan fingerprint density at radius 3 is 2.59 bits per heavy atom. The molecule has 1 aromatic carbocycles. The van der Waals surface area contributed by atoms with Gasteiger partial charge in [-0.2, -0.15) is 0 Å². The molecule has 0 aliphatic heterocycles. The number of nitrogens with two attached hydrogens (primary N) is 1. The molecule has 2 aromatic heterocycles. The van der Waals surface area contributed by atoms with E-state index in [1.165, 1.54) is 5.56 Å². The Balaban J connectivity index is 2.08. The van der Waals surface area contributed by atoms with E-state index in [9.17, 15) is 5.11 Å². The van der Waals surface area contributed by atoms with E-state index in [2.05, 4.69) is 43.1 Å². The predicted octanol–water partition coefficient (Wildman–Crippen LogP) is 3.59. The number of aromatic nitrogens is 2. The summed E-state index contributed by atoms with van der Waals surface area (Å²) in [7, 11) is 0. The lowest BCUT2D eigenvalue weighted by molar-refractivity contribution is 0.282. The summed E-state index contributed by atoms with van der Waals surface area (Å²) in [4.78, 5) is 4.63. The van der Waals surface area contributed by atoms with Gasteiger partial charge in [-0.3, -0.25) is 4.40 Å². The number of aliphatic hydroxyl groups excluding tert-OH is 1. The fourth-order valence-corrected chi connectivity index (χ4v) is 2.68. The summed E-state index contributed by atoms with van der Waals surface area (Å²) in [5.74, 6) is 1.15. The molecule has 0 saturated heterocycles. The lowest BCUT2D eigenvalue weighted by atomic mass is 9.97. The second-order valence-electron chi connectivity index (χ2n) is 5.66. The largest absolute Gasteiger partial charge is 0.392 e. The zero-order valence-corrected chi connectivity index (χ0v) is 13.0. The van der Waals surface area contributed by atoms with Gasteiger partial charge in [0.15, 0.2) is 0 Å². The molecule has 22 heavy (non-hydrogen) atoms. The third-order valence-electron chi connectivity index (χ3n) is 4.30. The number of rotatable bonds is 4. The van der Waals surface area contributed by atoms with Gasteiger partial charge in [0.25, 0.3) is 0 Å². The standard InChI is InChI=1S/C18H21N3O/c1-3-12(2)13-6-8-14(9-7-13)16-17(19)21-10-4-5-15(11-22)18(21)20-16/h4-10,12,22H,3,11,19H2,1-2H3. The van der Waals surface area contributed by atoms with Gasteiger partial charge < -0.3 is 10.8 Å². The second-order valence-corrected chi connectivity index (χ2v) is 5.66. The van der Waals surface area contributed by atoms with Crippen LogP contribution >= 0.6 is 0 Å². The summed E-state index contributed by atoms with van der Waals surface area (Å²) in [6.45, 7) is 4.37. The zero-order valence-electron chi connectivity index (χ0n) is 13.0. The number of imidazole rings is 1. The third-order valence-corrected chi connectivity index (χ3v) is 4.30. The van der Waals surface area contributed by atoms with Crippen molar-refractivity contribution < 1.29 is 5.11 Å². The van der Waals surface area contributed by atoms with Crippen LogP contribution in [-0.4, -0.2) is 14.5 Å². The smallest absolute Gasteiger partial charge is 0.144 e. The van der Waals surface area contributed by atoms with E-state index >= 15 is 0 Å². The second kappa shape index (κ2) is 5.81. The first-order chi connectivity index (χ1) is 10.7. The van der Waals surface area contributed by atoms with Crippen LogP contribution in [0.1, 0.15) is 37.3 Å². The van der Waals surface area contributed by atoms with Crippen molar-refractivity contribution in [3.63, 3.8) is 0 Å². The van der Waals surface area contributed by atoms with E-state index in [0.717, 1.165) is 23.2 Å². The molecular formula is C18H21N3O. The molecule has 1 unspecified atom stereocenters. The first-order valence-corrected chi connectivity index (χ1v) is 7.62. The number of benzene rings is 1. The minimum Gasteiger partial charge on any atom is -0.392 e. The van der Waals surface area contributed by atoms with E-state index in [-0.39, 0.29) is 6.61 Å². The van der Waals surface area contributed by atoms with Gasteiger partial charge in [0.2, 0.25) is 0 Å². The minimum atomic E-state index is -0.0484. The maximum absolute atomic E-state index is 9.44. The highest BCUT2D eigenvalue weighted by molar-refractivity contribution is 5.76. The normalized spacial score (nSPS) is 12.7. The van der Waals surface area contributed by atoms with Gasteiger partial charge in [-0.05, 0) is 24.0 Å². The van der Waals surface area contributed by atoms with Crippen LogP contribution in [0.2, 0.25) is 0 Å². The SMILES string of the molecule is CCC(C)c1ccc(-c2nc3c(CO)cccn3c2N)cc1. The summed E-state index contributed by atoms with van der Waals surface area (Å²) in [6, 6.07) is 12.1. The molecule has 114 valence electrons. The van der Waals surface area contributed by atoms with Crippen LogP contribution in [0, 0.1) is 0 Å². The van der Waals surface area contributed by atoms with E-state index < -0.39 is 0 Å². The lowest BCUT2D eigenvalue weighted by Crippen LogP contribution is -1.96. The summed E-state index contributed by atoms with van der Waals surface area (Å²) in [6.07, 6.45) is 2.99. The molecule has 3 rings (SSSR count). The van der Waals surface area contributed by atoms with Crippen LogP contribution in [0.5, 0.6) is 0 Å². The topological polar surface area (TPSA) is 63.5 Å². The zero-order chi connectivity index (χ0) is 15.7. The van der Waals surface area contributed by atoms with E-state index in [1.807, 2.05) is 22.7 Å². The molecule has 0 saturated carbocycles. The van der Waals surface area contributed by atoms with E-state index in [0.29, 0.717) is 17.4 Å². The Hall–Kier alpha value is -2.33. The third kappa shape index (κ3) is 2.35. The molecule has 0 fully saturated rings. The summed E-state index contributed by atoms with van der Waals surface area (Å²) in [5.41, 5.74) is 10.8. The van der Waals surface area contributed by atoms with Crippen LogP contribution in [0.25, 0.3) is 16.9 Å². The van der Waals surface area contributed by atoms with Crippen LogP contribution in [0.3, 0.4) is 0 Å². The molecule has 0 bridgehead atoms. The van der Waals surface area contributed by atoms with Crippen molar-refractivity contribution in [1.82, 2.24) is 9.38 Å². The molecule has 0 radical (unpaired) electrons. The number of fused-ring (bicyclic) bond motifs is 1. The Labute approximate surface area is 130 Å². The average molecular weight is 295 g/mol. The molecular weight excluding hydrogens is 274 g/mol. The molecule has 3 aromatic rings. The highest BCUT2D eigenvalue weighted by Crippen LogP contribution is 2.29. The van der Waals surface area contributed by atoms with Gasteiger partial charge in [-0.15, -0.1) is 0 Å². The summed E-state index contributed by atoms with van der Waals surface area (Å²) in [5, 5.41) is 9.44. The van der Waals surface area contributed by atoms with Crippen molar-refractivity contribution in [3.05, 3.63) is 53.7 Å². The lowest BCUT2D eigenvalue weighted by Gasteiger charge is -2.09. The molecule has 4 heteroatoms. The van der Waals surface area contributed by atoms with Crippen molar-refractivity contribution in [2.75, 3.05) is 5.73 Å². The summed E-state index contributed by atoms with van der Waals surface area (Å²) >= 11 is 0. The molecule has 0 aliphatic carbocycles. The quantitative estimate of drug-likeness (QED) is 0.773. The number of anilines is 1. The van der Waals surface area contributed by atoms with Gasteiger partial charge in [0, 0.05) is 17.3 Å². The number of nitrogen functional groups attached to an aromatic ring is 1. The molecule has 0 amide bonds. The van der Waals surface area contributed by atoms with Crippen molar-refractivity contribution in [2.45, 2.75) is 32.8 Å². The van der Waals surface area contributed by atoms with Crippen LogP contribution < -0.4 is 5.73 Å². The Kier molecular flexibility index (Phi) is 3.86. The molecule has 1 atom stereocenters. The number of pyridine rings is 1. The molecule has 2 heterocycles. The first kappa shape index (κ1) is 14.6. The number of nitrogens with zero attached hydrogens (tertiary/aromatic N) is 2. The van der Waals surface area contributed by atoms with Crippen LogP contribution in [-0.2, 0) is 6.61 Å². The van der Waals surface area contributed by atoms with Crippen molar-refractivity contribution in [2.24, 2.45) is 0 Å². The Bertz CT molecular complexity index is 790. The van der Waals surface area contributed by atoms with Crippen molar-refractivity contribution >= 4 is 11.5 Å². The fraction of sp³-hybridized carbons (Fsp3) is 0.278. The van der Waals surface area contributed by atoms with Crippen molar-refractivity contribution in [3.8, 4) is 11.3 Å². The highest BCUT2D eigenvalue weighted by atomic mass is 16.3. The molecule has 0 spiro atoms. The maximum Gasteiger partial charge on any atom is 0.144 e. The average Bonchev–Trinajstić information content (AvgIpc) is 2.91. The maximum atomic E-state index is 9.44.